The largest absolute Gasteiger partial charge is 0.478 e. The van der Waals surface area contributed by atoms with Crippen molar-refractivity contribution < 1.29 is 41.0 Å². The van der Waals surface area contributed by atoms with Crippen LogP contribution in [-0.2, 0) is 0 Å². The van der Waals surface area contributed by atoms with Gasteiger partial charge in [0, 0.05) is 5.69 Å². The highest BCUT2D eigenvalue weighted by atomic mass is 19.4. The molecule has 0 saturated carbocycles. The Morgan fingerprint density at radius 1 is 1.00 bits per heavy atom. The van der Waals surface area contributed by atoms with Crippen LogP contribution < -0.4 is 10.5 Å². The summed E-state index contributed by atoms with van der Waals surface area (Å²) in [5.41, 5.74) is 4.32. The Morgan fingerprint density at radius 3 is 2.04 bits per heavy atom. The van der Waals surface area contributed by atoms with Gasteiger partial charge in [-0.15, -0.1) is 0 Å². The van der Waals surface area contributed by atoms with Gasteiger partial charge in [0.2, 0.25) is 0 Å². The zero-order valence-electron chi connectivity index (χ0n) is 12.7. The van der Waals surface area contributed by atoms with E-state index in [1.165, 1.54) is 12.1 Å². The van der Waals surface area contributed by atoms with Crippen LogP contribution in [0.25, 0.3) is 0 Å². The van der Waals surface area contributed by atoms with E-state index >= 15 is 0 Å². The molecular weight excluding hydrogens is 368 g/mol. The van der Waals surface area contributed by atoms with Crippen molar-refractivity contribution in [2.75, 3.05) is 5.73 Å². The van der Waals surface area contributed by atoms with Crippen LogP contribution in [-0.4, -0.2) is 23.2 Å². The third kappa shape index (κ3) is 3.84. The third-order valence-corrected chi connectivity index (χ3v) is 3.36. The molecule has 140 valence electrons. The zero-order chi connectivity index (χ0) is 19.7. The molecule has 0 aliphatic carbocycles. The fourth-order valence-electron chi connectivity index (χ4n) is 1.98. The van der Waals surface area contributed by atoms with E-state index in [9.17, 15) is 31.1 Å². The van der Waals surface area contributed by atoms with Crippen LogP contribution in [0.5, 0.6) is 11.5 Å². The number of ether oxygens (including phenoxy) is 1. The molecule has 0 heterocycles. The van der Waals surface area contributed by atoms with Gasteiger partial charge >= 0.3 is 18.1 Å². The van der Waals surface area contributed by atoms with E-state index in [-0.39, 0.29) is 22.7 Å². The Bertz CT molecular complexity index is 805. The summed E-state index contributed by atoms with van der Waals surface area (Å²) in [6, 6.07) is 7.07. The molecule has 2 aromatic rings. The molecule has 0 saturated heterocycles. The molecule has 1 atom stereocenters. The summed E-state index contributed by atoms with van der Waals surface area (Å²) in [6.45, 7) is 0. The Morgan fingerprint density at radius 2 is 1.54 bits per heavy atom. The first kappa shape index (κ1) is 19.4. The Labute approximate surface area is 142 Å². The molecule has 2 aromatic carbocycles. The molecule has 0 bridgehead atoms. The van der Waals surface area contributed by atoms with Crippen LogP contribution in [0, 0.1) is 0 Å². The number of anilines is 1. The molecule has 2 rings (SSSR count). The first-order chi connectivity index (χ1) is 11.9. The van der Waals surface area contributed by atoms with Crippen molar-refractivity contribution >= 4 is 11.7 Å². The van der Waals surface area contributed by atoms with Crippen molar-refractivity contribution in [2.45, 2.75) is 18.3 Å². The van der Waals surface area contributed by atoms with Gasteiger partial charge in [0.15, 0.2) is 6.17 Å². The summed E-state index contributed by atoms with van der Waals surface area (Å²) in [5, 5.41) is 8.96. The lowest BCUT2D eigenvalue weighted by Crippen LogP contribution is -2.40. The first-order valence-electron chi connectivity index (χ1n) is 6.92. The highest BCUT2D eigenvalue weighted by Gasteiger charge is 2.63. The average Bonchev–Trinajstić information content (AvgIpc) is 2.55. The average molecular weight is 379 g/mol. The molecule has 0 aliphatic rings. The van der Waals surface area contributed by atoms with E-state index in [0.717, 1.165) is 30.3 Å². The summed E-state index contributed by atoms with van der Waals surface area (Å²) in [5.74, 6) is -6.85. The molecule has 3 N–H and O–H groups in total. The number of rotatable bonds is 5. The topological polar surface area (TPSA) is 72.5 Å². The summed E-state index contributed by atoms with van der Waals surface area (Å²) < 4.78 is 81.5. The maximum Gasteiger partial charge on any atom is 0.456 e. The van der Waals surface area contributed by atoms with Crippen molar-refractivity contribution in [1.29, 1.82) is 0 Å². The fraction of sp³-hybridized carbons (Fsp3) is 0.188. The molecule has 26 heavy (non-hydrogen) atoms. The van der Waals surface area contributed by atoms with Crippen LogP contribution in [0.2, 0.25) is 0 Å². The van der Waals surface area contributed by atoms with E-state index in [1.807, 2.05) is 0 Å². The van der Waals surface area contributed by atoms with Crippen molar-refractivity contribution in [2.24, 2.45) is 0 Å². The smallest absolute Gasteiger partial charge is 0.456 e. The number of aromatic carboxylic acids is 1. The molecule has 4 nitrogen and oxygen atoms in total. The minimum absolute atomic E-state index is 0.0187. The standard InChI is InChI=1S/C16H11F6NO3/c17-13(15(18,19)16(20,21)22)8-1-3-9(4-2-8)26-10-5-6-12(23)11(7-10)14(24)25/h1-7,13H,23H2,(H,24,25). The summed E-state index contributed by atoms with van der Waals surface area (Å²) >= 11 is 0. The lowest BCUT2D eigenvalue weighted by molar-refractivity contribution is -0.305. The van der Waals surface area contributed by atoms with Crippen molar-refractivity contribution in [1.82, 2.24) is 0 Å². The zero-order valence-corrected chi connectivity index (χ0v) is 12.7. The number of carbonyl (C=O) groups is 1. The van der Waals surface area contributed by atoms with Crippen molar-refractivity contribution in [3.05, 3.63) is 53.6 Å². The Hall–Kier alpha value is -2.91. The Kier molecular flexibility index (Phi) is 5.06. The second-order valence-electron chi connectivity index (χ2n) is 5.21. The van der Waals surface area contributed by atoms with Gasteiger partial charge in [-0.1, -0.05) is 12.1 Å². The minimum atomic E-state index is -6.03. The normalized spacial score (nSPS) is 13.3. The van der Waals surface area contributed by atoms with Gasteiger partial charge in [-0.05, 0) is 35.9 Å². The second kappa shape index (κ2) is 6.77. The molecule has 0 aliphatic heterocycles. The van der Waals surface area contributed by atoms with Gasteiger partial charge in [-0.2, -0.15) is 22.0 Å². The highest BCUT2D eigenvalue weighted by Crippen LogP contribution is 2.46. The number of alkyl halides is 6. The summed E-state index contributed by atoms with van der Waals surface area (Å²) in [7, 11) is 0. The number of halogens is 6. The molecule has 0 fully saturated rings. The number of hydrogen-bond acceptors (Lipinski definition) is 3. The number of nitrogens with two attached hydrogens (primary N) is 1. The number of hydrogen-bond donors (Lipinski definition) is 2. The highest BCUT2D eigenvalue weighted by molar-refractivity contribution is 5.94. The van der Waals surface area contributed by atoms with Gasteiger partial charge in [-0.3, -0.25) is 0 Å². The first-order valence-corrected chi connectivity index (χ1v) is 6.92. The summed E-state index contributed by atoms with van der Waals surface area (Å²) in [6.07, 6.45) is -9.61. The molecule has 10 heteroatoms. The SMILES string of the molecule is Nc1ccc(Oc2ccc(C(F)C(F)(F)C(F)(F)F)cc2)cc1C(=O)O. The molecule has 1 unspecified atom stereocenters. The van der Waals surface area contributed by atoms with Crippen LogP contribution in [0.1, 0.15) is 22.1 Å². The van der Waals surface area contributed by atoms with E-state index in [1.54, 1.807) is 0 Å². The summed E-state index contributed by atoms with van der Waals surface area (Å²) in [4.78, 5) is 11.0. The van der Waals surface area contributed by atoms with Gasteiger partial charge in [0.25, 0.3) is 0 Å². The van der Waals surface area contributed by atoms with Crippen LogP contribution in [0.3, 0.4) is 0 Å². The second-order valence-corrected chi connectivity index (χ2v) is 5.21. The minimum Gasteiger partial charge on any atom is -0.478 e. The van der Waals surface area contributed by atoms with Gasteiger partial charge in [-0.25, -0.2) is 9.18 Å². The third-order valence-electron chi connectivity index (χ3n) is 3.36. The van der Waals surface area contributed by atoms with Crippen LogP contribution >= 0.6 is 0 Å². The lowest BCUT2D eigenvalue weighted by Gasteiger charge is -2.23. The van der Waals surface area contributed by atoms with Gasteiger partial charge in [0.05, 0.1) is 5.56 Å². The maximum atomic E-state index is 13.6. The molecule has 0 aromatic heterocycles. The van der Waals surface area contributed by atoms with E-state index in [2.05, 4.69) is 0 Å². The van der Waals surface area contributed by atoms with E-state index < -0.39 is 29.8 Å². The monoisotopic (exact) mass is 379 g/mol. The number of benzene rings is 2. The predicted octanol–water partition coefficient (Wildman–Crippen LogP) is 4.97. The Balaban J connectivity index is 2.20. The van der Waals surface area contributed by atoms with E-state index in [4.69, 9.17) is 15.6 Å². The maximum absolute atomic E-state index is 13.6. The molecule has 0 radical (unpaired) electrons. The fourth-order valence-corrected chi connectivity index (χ4v) is 1.98. The number of carboxylic acids is 1. The number of carboxylic acid groups (broad SMARTS) is 1. The number of nitrogen functional groups attached to an aromatic ring is 1. The lowest BCUT2D eigenvalue weighted by atomic mass is 10.0. The molecular formula is C16H11F6NO3. The molecule has 0 amide bonds. The molecule has 0 spiro atoms. The van der Waals surface area contributed by atoms with Crippen LogP contribution in [0.15, 0.2) is 42.5 Å². The van der Waals surface area contributed by atoms with E-state index in [0.29, 0.717) is 0 Å². The van der Waals surface area contributed by atoms with Gasteiger partial charge in [0.1, 0.15) is 11.5 Å². The predicted molar refractivity (Wildman–Crippen MR) is 79.2 cm³/mol. The van der Waals surface area contributed by atoms with Gasteiger partial charge < -0.3 is 15.6 Å². The van der Waals surface area contributed by atoms with Crippen molar-refractivity contribution in [3.63, 3.8) is 0 Å². The quantitative estimate of drug-likeness (QED) is 0.569. The van der Waals surface area contributed by atoms with Crippen molar-refractivity contribution in [3.8, 4) is 11.5 Å². The van der Waals surface area contributed by atoms with Crippen LogP contribution in [0.4, 0.5) is 32.0 Å².